The number of esters is 1. The number of ether oxygens (including phenoxy) is 2. The van der Waals surface area contributed by atoms with Crippen LogP contribution in [0, 0.1) is 11.3 Å². The molecule has 0 saturated carbocycles. The average molecular weight is 366 g/mol. The lowest BCUT2D eigenvalue weighted by Crippen LogP contribution is -2.48. The highest BCUT2D eigenvalue weighted by atomic mass is 16.5. The average Bonchev–Trinajstić information content (AvgIpc) is 2.74. The van der Waals surface area contributed by atoms with Gasteiger partial charge in [0.2, 0.25) is 0 Å². The standard InChI is InChI=1S/C20H22N4O3/c1-26-20(25)16-4-2-6-18(14-16)27-13-12-23-8-10-24(11-9-23)19-17(15-21)5-3-7-22-19/h2-7,14H,8-13H2,1H3. The van der Waals surface area contributed by atoms with Crippen molar-refractivity contribution in [1.29, 1.82) is 5.26 Å². The molecule has 2 aromatic rings. The predicted molar refractivity (Wildman–Crippen MR) is 101 cm³/mol. The van der Waals surface area contributed by atoms with E-state index in [1.54, 1.807) is 36.5 Å². The second kappa shape index (κ2) is 9.01. The number of carbonyl (C=O) groups is 1. The first kappa shape index (κ1) is 18.7. The molecule has 0 radical (unpaired) electrons. The van der Waals surface area contributed by atoms with Gasteiger partial charge in [0.25, 0.3) is 0 Å². The van der Waals surface area contributed by atoms with Crippen molar-refractivity contribution < 1.29 is 14.3 Å². The molecule has 0 unspecified atom stereocenters. The first-order valence-corrected chi connectivity index (χ1v) is 8.85. The summed E-state index contributed by atoms with van der Waals surface area (Å²) < 4.78 is 10.5. The number of carbonyl (C=O) groups excluding carboxylic acids is 1. The number of pyridine rings is 1. The Labute approximate surface area is 158 Å². The lowest BCUT2D eigenvalue weighted by molar-refractivity contribution is 0.0600. The Hall–Kier alpha value is -3.11. The van der Waals surface area contributed by atoms with Crippen LogP contribution in [0.25, 0.3) is 0 Å². The molecule has 2 heterocycles. The lowest BCUT2D eigenvalue weighted by Gasteiger charge is -2.35. The molecule has 1 aromatic heterocycles. The maximum absolute atomic E-state index is 11.6. The SMILES string of the molecule is COC(=O)c1cccc(OCCN2CCN(c3ncccc3C#N)CC2)c1. The minimum Gasteiger partial charge on any atom is -0.492 e. The van der Waals surface area contributed by atoms with Crippen LogP contribution in [0.15, 0.2) is 42.6 Å². The first-order chi connectivity index (χ1) is 13.2. The normalized spacial score (nSPS) is 14.4. The highest BCUT2D eigenvalue weighted by Gasteiger charge is 2.20. The van der Waals surface area contributed by atoms with Crippen LogP contribution in [0.3, 0.4) is 0 Å². The molecular weight excluding hydrogens is 344 g/mol. The number of aromatic nitrogens is 1. The quantitative estimate of drug-likeness (QED) is 0.723. The summed E-state index contributed by atoms with van der Waals surface area (Å²) in [4.78, 5) is 20.4. The molecule has 0 aliphatic carbocycles. The third-order valence-corrected chi connectivity index (χ3v) is 4.51. The molecule has 0 amide bonds. The number of methoxy groups -OCH3 is 1. The number of anilines is 1. The molecule has 0 spiro atoms. The topological polar surface area (TPSA) is 78.7 Å². The van der Waals surface area contributed by atoms with Gasteiger partial charge in [0.1, 0.15) is 24.2 Å². The van der Waals surface area contributed by atoms with Crippen molar-refractivity contribution in [2.24, 2.45) is 0 Å². The molecule has 0 bridgehead atoms. The fraction of sp³-hybridized carbons (Fsp3) is 0.350. The highest BCUT2D eigenvalue weighted by Crippen LogP contribution is 2.18. The zero-order valence-electron chi connectivity index (χ0n) is 15.3. The van der Waals surface area contributed by atoms with Crippen molar-refractivity contribution in [3.05, 3.63) is 53.7 Å². The van der Waals surface area contributed by atoms with Crippen molar-refractivity contribution in [2.45, 2.75) is 0 Å². The zero-order valence-corrected chi connectivity index (χ0v) is 15.3. The van der Waals surface area contributed by atoms with E-state index in [9.17, 15) is 10.1 Å². The molecule has 1 aliphatic rings. The minimum absolute atomic E-state index is 0.372. The van der Waals surface area contributed by atoms with Crippen molar-refractivity contribution in [2.75, 3.05) is 51.3 Å². The van der Waals surface area contributed by atoms with E-state index in [2.05, 4.69) is 20.9 Å². The fourth-order valence-electron chi connectivity index (χ4n) is 3.04. The predicted octanol–water partition coefficient (Wildman–Crippen LogP) is 1.94. The van der Waals surface area contributed by atoms with Crippen LogP contribution in [0.2, 0.25) is 0 Å². The molecule has 1 aromatic carbocycles. The van der Waals surface area contributed by atoms with Gasteiger partial charge in [-0.25, -0.2) is 9.78 Å². The summed E-state index contributed by atoms with van der Waals surface area (Å²) in [7, 11) is 1.36. The molecule has 0 atom stereocenters. The van der Waals surface area contributed by atoms with E-state index in [1.807, 2.05) is 6.07 Å². The van der Waals surface area contributed by atoms with Crippen LogP contribution < -0.4 is 9.64 Å². The van der Waals surface area contributed by atoms with Crippen LogP contribution >= 0.6 is 0 Å². The Bertz CT molecular complexity index is 826. The Balaban J connectivity index is 1.46. The molecule has 7 nitrogen and oxygen atoms in total. The molecule has 3 rings (SSSR count). The van der Waals surface area contributed by atoms with Gasteiger partial charge in [-0.05, 0) is 30.3 Å². The van der Waals surface area contributed by atoms with E-state index in [0.29, 0.717) is 23.5 Å². The number of rotatable bonds is 6. The molecular formula is C20H22N4O3. The molecule has 1 fully saturated rings. The summed E-state index contributed by atoms with van der Waals surface area (Å²) in [6, 6.07) is 12.8. The van der Waals surface area contributed by atoms with Gasteiger partial charge in [-0.15, -0.1) is 0 Å². The van der Waals surface area contributed by atoms with Gasteiger partial charge in [-0.2, -0.15) is 5.26 Å². The fourth-order valence-corrected chi connectivity index (χ4v) is 3.04. The summed E-state index contributed by atoms with van der Waals surface area (Å²) in [5.41, 5.74) is 1.09. The van der Waals surface area contributed by atoms with Gasteiger partial charge in [0.05, 0.1) is 18.2 Å². The van der Waals surface area contributed by atoms with E-state index in [4.69, 9.17) is 9.47 Å². The second-order valence-electron chi connectivity index (χ2n) is 6.18. The molecule has 27 heavy (non-hydrogen) atoms. The Morgan fingerprint density at radius 2 is 2.04 bits per heavy atom. The van der Waals surface area contributed by atoms with Crippen LogP contribution in [0.1, 0.15) is 15.9 Å². The van der Waals surface area contributed by atoms with Crippen LogP contribution in [0.5, 0.6) is 5.75 Å². The van der Waals surface area contributed by atoms with Crippen molar-refractivity contribution in [3.63, 3.8) is 0 Å². The Morgan fingerprint density at radius 1 is 1.22 bits per heavy atom. The number of nitrogens with zero attached hydrogens (tertiary/aromatic N) is 4. The van der Waals surface area contributed by atoms with Gasteiger partial charge < -0.3 is 14.4 Å². The number of piperazine rings is 1. The van der Waals surface area contributed by atoms with Crippen LogP contribution in [-0.4, -0.2) is 62.3 Å². The number of nitriles is 1. The smallest absolute Gasteiger partial charge is 0.337 e. The van der Waals surface area contributed by atoms with Gasteiger partial charge in [0, 0.05) is 38.9 Å². The monoisotopic (exact) mass is 366 g/mol. The van der Waals surface area contributed by atoms with Gasteiger partial charge in [0.15, 0.2) is 0 Å². The third-order valence-electron chi connectivity index (χ3n) is 4.51. The van der Waals surface area contributed by atoms with Crippen LogP contribution in [-0.2, 0) is 4.74 Å². The third kappa shape index (κ3) is 4.74. The van der Waals surface area contributed by atoms with Crippen molar-refractivity contribution in [3.8, 4) is 11.8 Å². The summed E-state index contributed by atoms with van der Waals surface area (Å²) in [6.07, 6.45) is 1.72. The summed E-state index contributed by atoms with van der Waals surface area (Å²) in [6.45, 7) is 4.74. The molecule has 1 saturated heterocycles. The summed E-state index contributed by atoms with van der Waals surface area (Å²) in [5.74, 6) is 1.04. The Morgan fingerprint density at radius 3 is 2.78 bits per heavy atom. The number of hydrogen-bond donors (Lipinski definition) is 0. The first-order valence-electron chi connectivity index (χ1n) is 8.85. The zero-order chi connectivity index (χ0) is 19.1. The number of hydrogen-bond acceptors (Lipinski definition) is 7. The van der Waals surface area contributed by atoms with Gasteiger partial charge in [-0.1, -0.05) is 6.07 Å². The van der Waals surface area contributed by atoms with E-state index in [0.717, 1.165) is 38.5 Å². The van der Waals surface area contributed by atoms with Gasteiger partial charge >= 0.3 is 5.97 Å². The van der Waals surface area contributed by atoms with Crippen molar-refractivity contribution in [1.82, 2.24) is 9.88 Å². The van der Waals surface area contributed by atoms with E-state index in [1.165, 1.54) is 7.11 Å². The van der Waals surface area contributed by atoms with E-state index in [-0.39, 0.29) is 5.97 Å². The Kier molecular flexibility index (Phi) is 6.23. The molecule has 7 heteroatoms. The lowest BCUT2D eigenvalue weighted by atomic mass is 10.2. The minimum atomic E-state index is -0.372. The largest absolute Gasteiger partial charge is 0.492 e. The van der Waals surface area contributed by atoms with E-state index >= 15 is 0 Å². The maximum Gasteiger partial charge on any atom is 0.337 e. The maximum atomic E-state index is 11.6. The number of benzene rings is 1. The molecule has 1 aliphatic heterocycles. The summed E-state index contributed by atoms with van der Waals surface area (Å²) in [5, 5.41) is 9.22. The van der Waals surface area contributed by atoms with Gasteiger partial charge in [-0.3, -0.25) is 4.90 Å². The molecule has 0 N–H and O–H groups in total. The summed E-state index contributed by atoms with van der Waals surface area (Å²) >= 11 is 0. The van der Waals surface area contributed by atoms with E-state index < -0.39 is 0 Å². The van der Waals surface area contributed by atoms with Crippen LogP contribution in [0.4, 0.5) is 5.82 Å². The molecule has 140 valence electrons. The second-order valence-corrected chi connectivity index (χ2v) is 6.18. The van der Waals surface area contributed by atoms with Crippen molar-refractivity contribution >= 4 is 11.8 Å². The highest BCUT2D eigenvalue weighted by molar-refractivity contribution is 5.89.